The fourth-order valence-electron chi connectivity index (χ4n) is 4.01. The van der Waals surface area contributed by atoms with Gasteiger partial charge in [-0.2, -0.15) is 0 Å². The van der Waals surface area contributed by atoms with Crippen molar-refractivity contribution in [2.24, 2.45) is 0 Å². The van der Waals surface area contributed by atoms with Crippen molar-refractivity contribution >= 4 is 16.9 Å². The minimum absolute atomic E-state index is 0.240. The Labute approximate surface area is 166 Å². The van der Waals surface area contributed by atoms with Gasteiger partial charge < -0.3 is 19.5 Å². The van der Waals surface area contributed by atoms with E-state index in [0.29, 0.717) is 0 Å². The predicted molar refractivity (Wildman–Crippen MR) is 112 cm³/mol. The van der Waals surface area contributed by atoms with Crippen LogP contribution in [-0.4, -0.2) is 39.8 Å². The molecule has 0 saturated carbocycles. The van der Waals surface area contributed by atoms with Crippen LogP contribution in [0, 0.1) is 0 Å². The van der Waals surface area contributed by atoms with Crippen molar-refractivity contribution in [3.8, 4) is 0 Å². The monoisotopic (exact) mass is 379 g/mol. The second-order valence-corrected chi connectivity index (χ2v) is 7.55. The van der Waals surface area contributed by atoms with Gasteiger partial charge in [-0.25, -0.2) is 9.97 Å². The van der Waals surface area contributed by atoms with E-state index in [4.69, 9.17) is 9.72 Å². The zero-order chi connectivity index (χ0) is 19.5. The number of nitrogens with one attached hydrogen (secondary N) is 1. The zero-order valence-electron chi connectivity index (χ0n) is 16.9. The fraction of sp³-hybridized carbons (Fsp3) is 0.455. The highest BCUT2D eigenvalue weighted by Crippen LogP contribution is 2.19. The lowest BCUT2D eigenvalue weighted by Gasteiger charge is -2.36. The molecule has 1 N–H and O–H groups in total. The molecule has 0 radical (unpaired) electrons. The molecule has 0 bridgehead atoms. The summed E-state index contributed by atoms with van der Waals surface area (Å²) in [4.78, 5) is 11.8. The number of fused-ring (bicyclic) bond motifs is 1. The van der Waals surface area contributed by atoms with E-state index in [1.165, 1.54) is 11.1 Å². The Kier molecular flexibility index (Phi) is 5.59. The number of rotatable bonds is 6. The van der Waals surface area contributed by atoms with Crippen LogP contribution in [0.3, 0.4) is 0 Å². The summed E-state index contributed by atoms with van der Waals surface area (Å²) in [5, 5.41) is 3.51. The molecule has 6 nitrogen and oxygen atoms in total. The third-order valence-corrected chi connectivity index (χ3v) is 5.21. The fourth-order valence-corrected chi connectivity index (χ4v) is 4.01. The van der Waals surface area contributed by atoms with Gasteiger partial charge in [0.2, 0.25) is 0 Å². The van der Waals surface area contributed by atoms with Gasteiger partial charge in [-0.3, -0.25) is 0 Å². The molecule has 3 aromatic rings. The van der Waals surface area contributed by atoms with Crippen molar-refractivity contribution in [2.75, 3.05) is 18.0 Å². The first-order chi connectivity index (χ1) is 13.6. The van der Waals surface area contributed by atoms with Gasteiger partial charge in [0, 0.05) is 32.4 Å². The van der Waals surface area contributed by atoms with Crippen LogP contribution in [0.2, 0.25) is 0 Å². The first-order valence-electron chi connectivity index (χ1n) is 10.1. The Morgan fingerprint density at radius 1 is 1.07 bits per heavy atom. The highest BCUT2D eigenvalue weighted by atomic mass is 16.5. The molecule has 6 heteroatoms. The maximum atomic E-state index is 5.81. The van der Waals surface area contributed by atoms with E-state index in [1.54, 1.807) is 0 Å². The van der Waals surface area contributed by atoms with Crippen LogP contribution in [0.25, 0.3) is 11.0 Å². The molecule has 2 aromatic heterocycles. The van der Waals surface area contributed by atoms with Gasteiger partial charge in [-0.1, -0.05) is 18.2 Å². The molecule has 3 heterocycles. The second-order valence-electron chi connectivity index (χ2n) is 7.55. The third kappa shape index (κ3) is 4.03. The topological polar surface area (TPSA) is 55.2 Å². The molecule has 0 unspecified atom stereocenters. The molecule has 4 rings (SSSR count). The number of aryl methyl sites for hydroxylation is 1. The van der Waals surface area contributed by atoms with E-state index >= 15 is 0 Å². The summed E-state index contributed by atoms with van der Waals surface area (Å²) in [6, 6.07) is 12.6. The van der Waals surface area contributed by atoms with Gasteiger partial charge in [-0.15, -0.1) is 0 Å². The third-order valence-electron chi connectivity index (χ3n) is 5.21. The number of imidazole rings is 1. The predicted octanol–water partition coefficient (Wildman–Crippen LogP) is 3.35. The summed E-state index contributed by atoms with van der Waals surface area (Å²) in [6.45, 7) is 10.6. The molecule has 1 aliphatic rings. The summed E-state index contributed by atoms with van der Waals surface area (Å²) in [6.07, 6.45) is 2.45. The van der Waals surface area contributed by atoms with Crippen molar-refractivity contribution in [2.45, 2.75) is 52.6 Å². The molecule has 0 amide bonds. The van der Waals surface area contributed by atoms with Crippen LogP contribution in [0.1, 0.15) is 32.2 Å². The molecule has 148 valence electrons. The number of pyridine rings is 1. The molecule has 28 heavy (non-hydrogen) atoms. The SMILES string of the molecule is CCn1c(CNCc2ccc(N3C[C@@H](C)O[C@@H](C)C3)nc2)nc2ccccc21. The van der Waals surface area contributed by atoms with E-state index in [9.17, 15) is 0 Å². The smallest absolute Gasteiger partial charge is 0.128 e. The number of morpholine rings is 1. The maximum Gasteiger partial charge on any atom is 0.128 e. The Balaban J connectivity index is 1.37. The zero-order valence-corrected chi connectivity index (χ0v) is 16.9. The van der Waals surface area contributed by atoms with Crippen molar-refractivity contribution in [1.82, 2.24) is 19.9 Å². The van der Waals surface area contributed by atoms with E-state index in [-0.39, 0.29) is 12.2 Å². The van der Waals surface area contributed by atoms with Crippen LogP contribution in [0.15, 0.2) is 42.6 Å². The molecule has 1 aliphatic heterocycles. The van der Waals surface area contributed by atoms with Crippen LogP contribution in [-0.2, 0) is 24.4 Å². The number of hydrogen-bond acceptors (Lipinski definition) is 5. The minimum atomic E-state index is 0.240. The van der Waals surface area contributed by atoms with Crippen LogP contribution < -0.4 is 10.2 Å². The summed E-state index contributed by atoms with van der Waals surface area (Å²) >= 11 is 0. The standard InChI is InChI=1S/C22H29N5O/c1-4-27-20-8-6-5-7-19(20)25-22(27)13-23-11-18-9-10-21(24-12-18)26-14-16(2)28-17(3)15-26/h5-10,12,16-17,23H,4,11,13-15H2,1-3H3/t16-,17+. The summed E-state index contributed by atoms with van der Waals surface area (Å²) < 4.78 is 8.08. The Morgan fingerprint density at radius 2 is 1.86 bits per heavy atom. The minimum Gasteiger partial charge on any atom is -0.372 e. The Morgan fingerprint density at radius 3 is 2.57 bits per heavy atom. The number of aromatic nitrogens is 3. The highest BCUT2D eigenvalue weighted by molar-refractivity contribution is 5.75. The summed E-state index contributed by atoms with van der Waals surface area (Å²) in [7, 11) is 0. The molecule has 0 spiro atoms. The molecular formula is C22H29N5O. The lowest BCUT2D eigenvalue weighted by molar-refractivity contribution is -0.00545. The van der Waals surface area contributed by atoms with Crippen molar-refractivity contribution < 1.29 is 4.74 Å². The first-order valence-corrected chi connectivity index (χ1v) is 10.1. The number of para-hydroxylation sites is 2. The molecule has 1 aromatic carbocycles. The second kappa shape index (κ2) is 8.29. The van der Waals surface area contributed by atoms with E-state index in [1.807, 2.05) is 12.3 Å². The molecule has 0 aliphatic carbocycles. The lowest BCUT2D eigenvalue weighted by Crippen LogP contribution is -2.45. The van der Waals surface area contributed by atoms with Crippen molar-refractivity contribution in [3.05, 3.63) is 54.0 Å². The lowest BCUT2D eigenvalue weighted by atomic mass is 10.2. The average molecular weight is 380 g/mol. The largest absolute Gasteiger partial charge is 0.372 e. The normalized spacial score (nSPS) is 20.0. The van der Waals surface area contributed by atoms with Gasteiger partial charge in [0.15, 0.2) is 0 Å². The van der Waals surface area contributed by atoms with Gasteiger partial charge in [0.25, 0.3) is 0 Å². The molecule has 1 saturated heterocycles. The summed E-state index contributed by atoms with van der Waals surface area (Å²) in [5.41, 5.74) is 3.43. The highest BCUT2D eigenvalue weighted by Gasteiger charge is 2.22. The molecule has 2 atom stereocenters. The Bertz CT molecular complexity index is 910. The number of anilines is 1. The van der Waals surface area contributed by atoms with Crippen LogP contribution in [0.5, 0.6) is 0 Å². The van der Waals surface area contributed by atoms with E-state index in [2.05, 4.69) is 70.9 Å². The van der Waals surface area contributed by atoms with Gasteiger partial charge in [0.1, 0.15) is 11.6 Å². The van der Waals surface area contributed by atoms with Gasteiger partial charge in [0.05, 0.1) is 29.8 Å². The van der Waals surface area contributed by atoms with Crippen molar-refractivity contribution in [3.63, 3.8) is 0 Å². The average Bonchev–Trinajstić information content (AvgIpc) is 3.05. The first kappa shape index (κ1) is 18.9. The summed E-state index contributed by atoms with van der Waals surface area (Å²) in [5.74, 6) is 2.10. The Hall–Kier alpha value is -2.44. The maximum absolute atomic E-state index is 5.81. The number of ether oxygens (including phenoxy) is 1. The van der Waals surface area contributed by atoms with Gasteiger partial charge >= 0.3 is 0 Å². The van der Waals surface area contributed by atoms with Crippen molar-refractivity contribution in [1.29, 1.82) is 0 Å². The van der Waals surface area contributed by atoms with E-state index < -0.39 is 0 Å². The molecule has 1 fully saturated rings. The molecular weight excluding hydrogens is 350 g/mol. The number of nitrogens with zero attached hydrogens (tertiary/aromatic N) is 4. The van der Waals surface area contributed by atoms with Crippen LogP contribution >= 0.6 is 0 Å². The quantitative estimate of drug-likeness (QED) is 0.712. The van der Waals surface area contributed by atoms with Gasteiger partial charge in [-0.05, 0) is 44.5 Å². The van der Waals surface area contributed by atoms with Crippen LogP contribution in [0.4, 0.5) is 5.82 Å². The number of hydrogen-bond donors (Lipinski definition) is 1. The van der Waals surface area contributed by atoms with E-state index in [0.717, 1.165) is 49.9 Å². The number of benzene rings is 1.